The second-order valence-corrected chi connectivity index (χ2v) is 7.84. The largest absolute Gasteiger partial charge is 0.340 e. The summed E-state index contributed by atoms with van der Waals surface area (Å²) in [6.45, 7) is 0.729. The van der Waals surface area contributed by atoms with Gasteiger partial charge in [-0.05, 0) is 61.2 Å². The Morgan fingerprint density at radius 3 is 2.45 bits per heavy atom. The summed E-state index contributed by atoms with van der Waals surface area (Å²) >= 11 is 1.62. The number of thioether (sulfide) groups is 1. The van der Waals surface area contributed by atoms with Crippen molar-refractivity contribution in [3.8, 4) is 0 Å². The Bertz CT molecular complexity index is 855. The van der Waals surface area contributed by atoms with E-state index in [1.165, 1.54) is 0 Å². The van der Waals surface area contributed by atoms with Crippen LogP contribution in [0.5, 0.6) is 0 Å². The van der Waals surface area contributed by atoms with Gasteiger partial charge in [0.1, 0.15) is 6.04 Å². The van der Waals surface area contributed by atoms with Crippen LogP contribution in [0, 0.1) is 0 Å². The van der Waals surface area contributed by atoms with Crippen molar-refractivity contribution in [3.63, 3.8) is 0 Å². The highest BCUT2D eigenvalue weighted by Gasteiger charge is 2.23. The summed E-state index contributed by atoms with van der Waals surface area (Å²) in [5, 5.41) is 5.70. The normalized spacial score (nSPS) is 14.5. The molecule has 3 amide bonds. The first-order valence-electron chi connectivity index (χ1n) is 9.64. The molecular formula is C22H25N3O3S. The summed E-state index contributed by atoms with van der Waals surface area (Å²) in [5.41, 5.74) is 1.99. The number of anilines is 2. The molecule has 0 aliphatic carbocycles. The van der Waals surface area contributed by atoms with Gasteiger partial charge in [-0.25, -0.2) is 0 Å². The van der Waals surface area contributed by atoms with Crippen LogP contribution >= 0.6 is 11.8 Å². The van der Waals surface area contributed by atoms with E-state index in [1.807, 2.05) is 24.5 Å². The van der Waals surface area contributed by atoms with Crippen LogP contribution < -0.4 is 15.5 Å². The Hall–Kier alpha value is -2.80. The van der Waals surface area contributed by atoms with Gasteiger partial charge in [0.15, 0.2) is 0 Å². The third kappa shape index (κ3) is 5.60. The van der Waals surface area contributed by atoms with E-state index in [1.54, 1.807) is 53.1 Å². The van der Waals surface area contributed by atoms with Gasteiger partial charge in [-0.15, -0.1) is 0 Å². The molecule has 1 aliphatic rings. The fraction of sp³-hybridized carbons (Fsp3) is 0.318. The highest BCUT2D eigenvalue weighted by atomic mass is 32.2. The molecule has 1 heterocycles. The van der Waals surface area contributed by atoms with E-state index in [0.717, 1.165) is 24.4 Å². The number of carbonyl (C=O) groups is 3. The Morgan fingerprint density at radius 1 is 1.10 bits per heavy atom. The SMILES string of the molecule is CSCC[C@@H](NC(=O)c1ccccc1)C(=O)Nc1ccc(N2CCCC2=O)cc1. The number of hydrogen-bond donors (Lipinski definition) is 2. The van der Waals surface area contributed by atoms with E-state index in [2.05, 4.69) is 10.6 Å². The zero-order chi connectivity index (χ0) is 20.6. The molecule has 1 fully saturated rings. The second-order valence-electron chi connectivity index (χ2n) is 6.86. The van der Waals surface area contributed by atoms with Crippen LogP contribution in [0.15, 0.2) is 54.6 Å². The monoisotopic (exact) mass is 411 g/mol. The van der Waals surface area contributed by atoms with Crippen LogP contribution in [-0.4, -0.2) is 42.3 Å². The molecule has 0 unspecified atom stereocenters. The number of amides is 3. The Labute approximate surface area is 175 Å². The van der Waals surface area contributed by atoms with Gasteiger partial charge in [0, 0.05) is 29.9 Å². The molecule has 0 bridgehead atoms. The molecule has 0 radical (unpaired) electrons. The first-order valence-corrected chi connectivity index (χ1v) is 11.0. The van der Waals surface area contributed by atoms with E-state index in [-0.39, 0.29) is 17.7 Å². The molecule has 0 aromatic heterocycles. The standard InChI is InChI=1S/C22H25N3O3S/c1-29-15-13-19(24-21(27)16-6-3-2-4-7-16)22(28)23-17-9-11-18(12-10-17)25-14-5-8-20(25)26/h2-4,6-7,9-12,19H,5,8,13-15H2,1H3,(H,23,28)(H,24,27)/t19-/m1/s1. The maximum absolute atomic E-state index is 12.8. The lowest BCUT2D eigenvalue weighted by molar-refractivity contribution is -0.118. The first-order chi connectivity index (χ1) is 14.1. The van der Waals surface area contributed by atoms with Crippen LogP contribution in [0.4, 0.5) is 11.4 Å². The highest BCUT2D eigenvalue weighted by molar-refractivity contribution is 7.98. The minimum Gasteiger partial charge on any atom is -0.340 e. The molecule has 3 rings (SSSR count). The van der Waals surface area contributed by atoms with Crippen molar-refractivity contribution in [1.29, 1.82) is 0 Å². The molecule has 2 aromatic carbocycles. The zero-order valence-electron chi connectivity index (χ0n) is 16.4. The fourth-order valence-electron chi connectivity index (χ4n) is 3.21. The minimum atomic E-state index is -0.630. The molecule has 0 saturated carbocycles. The lowest BCUT2D eigenvalue weighted by Crippen LogP contribution is -2.44. The van der Waals surface area contributed by atoms with Crippen molar-refractivity contribution in [2.75, 3.05) is 28.8 Å². The van der Waals surface area contributed by atoms with Gasteiger partial charge in [-0.2, -0.15) is 11.8 Å². The van der Waals surface area contributed by atoms with E-state index >= 15 is 0 Å². The van der Waals surface area contributed by atoms with E-state index in [9.17, 15) is 14.4 Å². The molecule has 0 spiro atoms. The van der Waals surface area contributed by atoms with Crippen molar-refractivity contribution in [1.82, 2.24) is 5.32 Å². The first kappa shape index (κ1) is 20.9. The average Bonchev–Trinajstić information content (AvgIpc) is 3.18. The van der Waals surface area contributed by atoms with Crippen LogP contribution in [-0.2, 0) is 9.59 Å². The van der Waals surface area contributed by atoms with E-state index in [0.29, 0.717) is 24.1 Å². The van der Waals surface area contributed by atoms with Gasteiger partial charge in [-0.3, -0.25) is 14.4 Å². The highest BCUT2D eigenvalue weighted by Crippen LogP contribution is 2.23. The topological polar surface area (TPSA) is 78.5 Å². The van der Waals surface area contributed by atoms with Crippen LogP contribution in [0.2, 0.25) is 0 Å². The molecule has 1 aliphatic heterocycles. The molecule has 7 heteroatoms. The molecule has 1 atom stereocenters. The van der Waals surface area contributed by atoms with Crippen LogP contribution in [0.3, 0.4) is 0 Å². The summed E-state index contributed by atoms with van der Waals surface area (Å²) in [4.78, 5) is 38.9. The smallest absolute Gasteiger partial charge is 0.251 e. The summed E-state index contributed by atoms with van der Waals surface area (Å²) in [7, 11) is 0. The zero-order valence-corrected chi connectivity index (χ0v) is 17.2. The molecular weight excluding hydrogens is 386 g/mol. The van der Waals surface area contributed by atoms with Gasteiger partial charge in [0.25, 0.3) is 5.91 Å². The third-order valence-corrected chi connectivity index (χ3v) is 5.43. The average molecular weight is 412 g/mol. The van der Waals surface area contributed by atoms with Crippen molar-refractivity contribution in [3.05, 3.63) is 60.2 Å². The quantitative estimate of drug-likeness (QED) is 0.699. The Balaban J connectivity index is 1.64. The number of nitrogens with zero attached hydrogens (tertiary/aromatic N) is 1. The lowest BCUT2D eigenvalue weighted by atomic mass is 10.1. The van der Waals surface area contributed by atoms with E-state index < -0.39 is 6.04 Å². The minimum absolute atomic E-state index is 0.127. The maximum Gasteiger partial charge on any atom is 0.251 e. The van der Waals surface area contributed by atoms with Gasteiger partial charge in [0.2, 0.25) is 11.8 Å². The number of nitrogens with one attached hydrogen (secondary N) is 2. The molecule has 1 saturated heterocycles. The Morgan fingerprint density at radius 2 is 1.83 bits per heavy atom. The third-order valence-electron chi connectivity index (χ3n) is 4.79. The van der Waals surface area contributed by atoms with Crippen LogP contribution in [0.1, 0.15) is 29.6 Å². The second kappa shape index (κ2) is 10.1. The number of benzene rings is 2. The predicted molar refractivity (Wildman–Crippen MR) is 117 cm³/mol. The summed E-state index contributed by atoms with van der Waals surface area (Å²) in [6, 6.07) is 15.5. The maximum atomic E-state index is 12.8. The van der Waals surface area contributed by atoms with Crippen molar-refractivity contribution in [2.24, 2.45) is 0 Å². The van der Waals surface area contributed by atoms with Gasteiger partial charge < -0.3 is 15.5 Å². The molecule has 152 valence electrons. The van der Waals surface area contributed by atoms with Gasteiger partial charge >= 0.3 is 0 Å². The summed E-state index contributed by atoms with van der Waals surface area (Å²) < 4.78 is 0. The van der Waals surface area contributed by atoms with Crippen LogP contribution in [0.25, 0.3) is 0 Å². The van der Waals surface area contributed by atoms with Gasteiger partial charge in [-0.1, -0.05) is 18.2 Å². The van der Waals surface area contributed by atoms with Crippen molar-refractivity contribution >= 4 is 40.9 Å². The summed E-state index contributed by atoms with van der Waals surface area (Å²) in [6.07, 6.45) is 3.95. The van der Waals surface area contributed by atoms with Crippen molar-refractivity contribution in [2.45, 2.75) is 25.3 Å². The Kier molecular flexibility index (Phi) is 7.30. The van der Waals surface area contributed by atoms with Gasteiger partial charge in [0.05, 0.1) is 0 Å². The molecule has 2 aromatic rings. The molecule has 2 N–H and O–H groups in total. The predicted octanol–water partition coefficient (Wildman–Crippen LogP) is 3.30. The van der Waals surface area contributed by atoms with E-state index in [4.69, 9.17) is 0 Å². The molecule has 6 nitrogen and oxygen atoms in total. The number of carbonyl (C=O) groups excluding carboxylic acids is 3. The fourth-order valence-corrected chi connectivity index (χ4v) is 3.68. The van der Waals surface area contributed by atoms with Crippen molar-refractivity contribution < 1.29 is 14.4 Å². The molecule has 29 heavy (non-hydrogen) atoms. The lowest BCUT2D eigenvalue weighted by Gasteiger charge is -2.19. The summed E-state index contributed by atoms with van der Waals surface area (Å²) in [5.74, 6) is 0.356. The number of hydrogen-bond acceptors (Lipinski definition) is 4. The number of rotatable bonds is 8.